The zero-order valence-electron chi connectivity index (χ0n) is 15.9. The number of hydrogen-bond donors (Lipinski definition) is 3. The van der Waals surface area contributed by atoms with Crippen LogP contribution in [0.2, 0.25) is 0 Å². The highest BCUT2D eigenvalue weighted by atomic mass is 19.1. The van der Waals surface area contributed by atoms with Gasteiger partial charge in [-0.15, -0.1) is 0 Å². The van der Waals surface area contributed by atoms with Gasteiger partial charge in [-0.2, -0.15) is 10.1 Å². The van der Waals surface area contributed by atoms with E-state index in [2.05, 4.69) is 31.0 Å². The molecule has 0 aliphatic heterocycles. The van der Waals surface area contributed by atoms with Crippen molar-refractivity contribution in [2.75, 3.05) is 10.6 Å². The number of halogens is 4. The number of alkyl halides is 1. The minimum absolute atomic E-state index is 0.0673. The molecule has 1 fully saturated rings. The van der Waals surface area contributed by atoms with Crippen LogP contribution in [0.5, 0.6) is 0 Å². The number of nitrogens with one attached hydrogen (secondary N) is 3. The number of rotatable bonds is 8. The summed E-state index contributed by atoms with van der Waals surface area (Å²) < 4.78 is 54.7. The molecule has 0 saturated heterocycles. The SMILES string of the molecule is O=C(Cn1cc(Nc2nccc(NCc3c(F)cc(F)cc3F)n2)cn1)N[C@H]1C[C@H]1F. The highest BCUT2D eigenvalue weighted by Gasteiger charge is 2.38. The second-order valence-electron chi connectivity index (χ2n) is 6.94. The maximum Gasteiger partial charge on any atom is 0.242 e. The van der Waals surface area contributed by atoms with Crippen LogP contribution in [0.3, 0.4) is 0 Å². The minimum atomic E-state index is -1.00. The molecule has 0 radical (unpaired) electrons. The molecule has 4 rings (SSSR count). The number of carbonyl (C=O) groups excluding carboxylic acids is 1. The molecule has 8 nitrogen and oxygen atoms in total. The van der Waals surface area contributed by atoms with Crippen LogP contribution in [0.25, 0.3) is 0 Å². The van der Waals surface area contributed by atoms with Gasteiger partial charge in [0.1, 0.15) is 36.0 Å². The summed E-state index contributed by atoms with van der Waals surface area (Å²) in [6.45, 7) is -0.315. The molecule has 0 spiro atoms. The van der Waals surface area contributed by atoms with E-state index in [0.29, 0.717) is 24.2 Å². The molecule has 1 amide bonds. The van der Waals surface area contributed by atoms with E-state index in [9.17, 15) is 22.4 Å². The fraction of sp³-hybridized carbons (Fsp3) is 0.263. The van der Waals surface area contributed by atoms with Crippen molar-refractivity contribution >= 4 is 23.4 Å². The molecule has 12 heteroatoms. The second kappa shape index (κ2) is 8.58. The third-order valence-electron chi connectivity index (χ3n) is 4.46. The van der Waals surface area contributed by atoms with Crippen molar-refractivity contribution in [3.05, 3.63) is 59.8 Å². The number of carbonyl (C=O) groups is 1. The van der Waals surface area contributed by atoms with Gasteiger partial charge in [0, 0.05) is 43.1 Å². The van der Waals surface area contributed by atoms with Gasteiger partial charge in [-0.25, -0.2) is 22.5 Å². The lowest BCUT2D eigenvalue weighted by molar-refractivity contribution is -0.122. The lowest BCUT2D eigenvalue weighted by Gasteiger charge is -2.09. The highest BCUT2D eigenvalue weighted by Crippen LogP contribution is 2.24. The van der Waals surface area contributed by atoms with Gasteiger partial charge in [-0.05, 0) is 6.07 Å². The number of nitrogens with zero attached hydrogens (tertiary/aromatic N) is 4. The lowest BCUT2D eigenvalue weighted by Crippen LogP contribution is -2.30. The Balaban J connectivity index is 1.34. The normalized spacial score (nSPS) is 17.3. The quantitative estimate of drug-likeness (QED) is 0.471. The summed E-state index contributed by atoms with van der Waals surface area (Å²) >= 11 is 0. The average molecular weight is 435 g/mol. The molecule has 2 atom stereocenters. The predicted molar refractivity (Wildman–Crippen MR) is 103 cm³/mol. The topological polar surface area (TPSA) is 96.8 Å². The Morgan fingerprint density at radius 2 is 1.97 bits per heavy atom. The van der Waals surface area contributed by atoms with Gasteiger partial charge in [-0.3, -0.25) is 9.48 Å². The Hall–Kier alpha value is -3.70. The van der Waals surface area contributed by atoms with Crippen LogP contribution in [0.4, 0.5) is 35.0 Å². The van der Waals surface area contributed by atoms with Crippen molar-refractivity contribution in [3.8, 4) is 0 Å². The van der Waals surface area contributed by atoms with Crippen LogP contribution in [0.15, 0.2) is 36.8 Å². The van der Waals surface area contributed by atoms with Crippen molar-refractivity contribution in [3.63, 3.8) is 0 Å². The average Bonchev–Trinajstić information content (AvgIpc) is 3.20. The Bertz CT molecular complexity index is 1080. The molecule has 2 aromatic heterocycles. The fourth-order valence-electron chi connectivity index (χ4n) is 2.79. The molecule has 1 aliphatic carbocycles. The number of anilines is 3. The largest absolute Gasteiger partial charge is 0.366 e. The third kappa shape index (κ3) is 5.27. The summed E-state index contributed by atoms with van der Waals surface area (Å²) in [5, 5.41) is 12.2. The first-order chi connectivity index (χ1) is 14.9. The van der Waals surface area contributed by atoms with Crippen molar-refractivity contribution in [2.24, 2.45) is 0 Å². The summed E-state index contributed by atoms with van der Waals surface area (Å²) in [4.78, 5) is 20.0. The van der Waals surface area contributed by atoms with Crippen molar-refractivity contribution < 1.29 is 22.4 Å². The van der Waals surface area contributed by atoms with E-state index < -0.39 is 29.7 Å². The molecule has 3 aromatic rings. The molecule has 0 bridgehead atoms. The van der Waals surface area contributed by atoms with E-state index >= 15 is 0 Å². The Morgan fingerprint density at radius 1 is 1.23 bits per heavy atom. The Labute approximate surface area is 173 Å². The molecule has 0 unspecified atom stereocenters. The predicted octanol–water partition coefficient (Wildman–Crippen LogP) is 2.67. The Kier molecular flexibility index (Phi) is 5.69. The molecule has 2 heterocycles. The number of benzene rings is 1. The molecule has 162 valence electrons. The smallest absolute Gasteiger partial charge is 0.242 e. The van der Waals surface area contributed by atoms with E-state index in [0.717, 1.165) is 0 Å². The van der Waals surface area contributed by atoms with E-state index in [1.807, 2.05) is 0 Å². The van der Waals surface area contributed by atoms with Crippen LogP contribution in [-0.2, 0) is 17.9 Å². The molecule has 1 aliphatic rings. The van der Waals surface area contributed by atoms with Crippen LogP contribution in [-0.4, -0.2) is 37.9 Å². The van der Waals surface area contributed by atoms with Gasteiger partial charge in [0.2, 0.25) is 11.9 Å². The first-order valence-corrected chi connectivity index (χ1v) is 9.30. The van der Waals surface area contributed by atoms with Gasteiger partial charge in [0.25, 0.3) is 0 Å². The van der Waals surface area contributed by atoms with E-state index in [1.165, 1.54) is 23.1 Å². The van der Waals surface area contributed by atoms with Gasteiger partial charge in [-0.1, -0.05) is 0 Å². The van der Waals surface area contributed by atoms with Gasteiger partial charge in [0.05, 0.1) is 17.9 Å². The van der Waals surface area contributed by atoms with E-state index in [4.69, 9.17) is 0 Å². The first-order valence-electron chi connectivity index (χ1n) is 9.30. The molecular weight excluding hydrogens is 418 g/mol. The maximum absolute atomic E-state index is 13.7. The summed E-state index contributed by atoms with van der Waals surface area (Å²) in [5.41, 5.74) is 0.176. The van der Waals surface area contributed by atoms with Crippen molar-refractivity contribution in [2.45, 2.75) is 31.7 Å². The zero-order chi connectivity index (χ0) is 22.0. The molecule has 1 saturated carbocycles. The van der Waals surface area contributed by atoms with Gasteiger partial charge < -0.3 is 16.0 Å². The monoisotopic (exact) mass is 435 g/mol. The van der Waals surface area contributed by atoms with Crippen molar-refractivity contribution in [1.82, 2.24) is 25.1 Å². The van der Waals surface area contributed by atoms with Crippen LogP contribution in [0.1, 0.15) is 12.0 Å². The summed E-state index contributed by atoms with van der Waals surface area (Å²) in [6.07, 6.45) is 3.78. The lowest BCUT2D eigenvalue weighted by atomic mass is 10.2. The zero-order valence-corrected chi connectivity index (χ0v) is 15.9. The Morgan fingerprint density at radius 3 is 2.68 bits per heavy atom. The molecule has 3 N–H and O–H groups in total. The van der Waals surface area contributed by atoms with Gasteiger partial charge >= 0.3 is 0 Å². The van der Waals surface area contributed by atoms with Crippen LogP contribution >= 0.6 is 0 Å². The van der Waals surface area contributed by atoms with Crippen LogP contribution < -0.4 is 16.0 Å². The van der Waals surface area contributed by atoms with E-state index in [1.54, 1.807) is 6.20 Å². The van der Waals surface area contributed by atoms with E-state index in [-0.39, 0.29) is 36.3 Å². The summed E-state index contributed by atoms with van der Waals surface area (Å²) in [5.74, 6) is -2.90. The first kappa shape index (κ1) is 20.6. The molecule has 1 aromatic carbocycles. The molecule has 31 heavy (non-hydrogen) atoms. The van der Waals surface area contributed by atoms with Crippen LogP contribution in [0, 0.1) is 17.5 Å². The standard InChI is InChI=1S/C19H17F4N7O/c20-10-3-13(21)12(14(22)4-10)7-25-17-1-2-24-19(29-17)27-11-6-26-30(8-11)9-18(31)28-16-5-15(16)23/h1-4,6,8,15-16H,5,7,9H2,(H,28,31)(H2,24,25,27,29)/t15-,16+/m1/s1. The third-order valence-corrected chi connectivity index (χ3v) is 4.46. The highest BCUT2D eigenvalue weighted by molar-refractivity contribution is 5.76. The fourth-order valence-corrected chi connectivity index (χ4v) is 2.79. The van der Waals surface area contributed by atoms with Gasteiger partial charge in [0.15, 0.2) is 0 Å². The second-order valence-corrected chi connectivity index (χ2v) is 6.94. The maximum atomic E-state index is 13.7. The summed E-state index contributed by atoms with van der Waals surface area (Å²) in [7, 11) is 0. The minimum Gasteiger partial charge on any atom is -0.366 e. The number of hydrogen-bond acceptors (Lipinski definition) is 6. The number of aromatic nitrogens is 4. The summed E-state index contributed by atoms with van der Waals surface area (Å²) in [6, 6.07) is 2.28. The van der Waals surface area contributed by atoms with Crippen molar-refractivity contribution in [1.29, 1.82) is 0 Å². The molecular formula is C19H17F4N7O. The number of amides is 1.